The highest BCUT2D eigenvalue weighted by molar-refractivity contribution is 5.92. The molecule has 0 radical (unpaired) electrons. The van der Waals surface area contributed by atoms with Crippen molar-refractivity contribution in [2.75, 3.05) is 26.4 Å². The van der Waals surface area contributed by atoms with Crippen LogP contribution in [0.15, 0.2) is 60.8 Å². The van der Waals surface area contributed by atoms with E-state index in [2.05, 4.69) is 5.32 Å². The van der Waals surface area contributed by atoms with E-state index in [1.54, 1.807) is 10.8 Å². The number of ether oxygens (including phenoxy) is 2. The van der Waals surface area contributed by atoms with Gasteiger partial charge >= 0.3 is 0 Å². The van der Waals surface area contributed by atoms with Gasteiger partial charge in [0.05, 0.1) is 12.3 Å². The predicted octanol–water partition coefficient (Wildman–Crippen LogP) is 2.43. The monoisotopic (exact) mass is 391 g/mol. The summed E-state index contributed by atoms with van der Waals surface area (Å²) >= 11 is 0. The fourth-order valence-electron chi connectivity index (χ4n) is 3.04. The number of aromatic nitrogens is 2. The molecule has 7 heteroatoms. The lowest BCUT2D eigenvalue weighted by molar-refractivity contribution is -0.116. The van der Waals surface area contributed by atoms with Gasteiger partial charge in [-0.05, 0) is 36.4 Å². The zero-order chi connectivity index (χ0) is 20.1. The first-order chi connectivity index (χ1) is 14.2. The third-order valence-corrected chi connectivity index (χ3v) is 4.40. The van der Waals surface area contributed by atoms with Crippen LogP contribution in [0.25, 0.3) is 23.0 Å². The number of benzene rings is 2. The van der Waals surface area contributed by atoms with Gasteiger partial charge in [-0.3, -0.25) is 4.79 Å². The van der Waals surface area contributed by atoms with Gasteiger partial charge in [0.15, 0.2) is 11.5 Å². The number of hydrogen-bond acceptors (Lipinski definition) is 5. The van der Waals surface area contributed by atoms with Crippen molar-refractivity contribution in [2.24, 2.45) is 0 Å². The molecule has 0 unspecified atom stereocenters. The third-order valence-electron chi connectivity index (χ3n) is 4.40. The maximum atomic E-state index is 11.9. The van der Waals surface area contributed by atoms with Crippen LogP contribution in [-0.4, -0.2) is 47.2 Å². The summed E-state index contributed by atoms with van der Waals surface area (Å²) in [5.74, 6) is 1.11. The van der Waals surface area contributed by atoms with Crippen molar-refractivity contribution in [1.29, 1.82) is 0 Å². The van der Waals surface area contributed by atoms with Gasteiger partial charge in [-0.25, -0.2) is 4.68 Å². The first kappa shape index (κ1) is 18.8. The summed E-state index contributed by atoms with van der Waals surface area (Å²) in [4.78, 5) is 11.9. The van der Waals surface area contributed by atoms with Crippen LogP contribution in [0.3, 0.4) is 0 Å². The number of nitrogens with zero attached hydrogens (tertiary/aromatic N) is 2. The highest BCUT2D eigenvalue weighted by atomic mass is 16.6. The van der Waals surface area contributed by atoms with E-state index in [9.17, 15) is 4.79 Å². The number of para-hydroxylation sites is 1. The zero-order valence-corrected chi connectivity index (χ0v) is 15.7. The Kier molecular flexibility index (Phi) is 5.58. The van der Waals surface area contributed by atoms with Crippen LogP contribution in [0.4, 0.5) is 0 Å². The van der Waals surface area contributed by atoms with Crippen LogP contribution >= 0.6 is 0 Å². The highest BCUT2D eigenvalue weighted by Gasteiger charge is 2.16. The second-order valence-corrected chi connectivity index (χ2v) is 6.42. The molecule has 0 bridgehead atoms. The van der Waals surface area contributed by atoms with Crippen LogP contribution in [0, 0.1) is 0 Å². The summed E-state index contributed by atoms with van der Waals surface area (Å²) in [6, 6.07) is 15.4. The van der Waals surface area contributed by atoms with Gasteiger partial charge in [-0.2, -0.15) is 5.10 Å². The second-order valence-electron chi connectivity index (χ2n) is 6.42. The Morgan fingerprint density at radius 3 is 2.72 bits per heavy atom. The van der Waals surface area contributed by atoms with Crippen molar-refractivity contribution in [3.63, 3.8) is 0 Å². The SMILES string of the molecule is O=C(/C=C/c1cn(-c2ccccc2)nc1-c1ccc2c(c1)OCCO2)NCCO. The quantitative estimate of drug-likeness (QED) is 0.631. The fraction of sp³-hybridized carbons (Fsp3) is 0.182. The second kappa shape index (κ2) is 8.62. The summed E-state index contributed by atoms with van der Waals surface area (Å²) in [6.07, 6.45) is 5.02. The molecule has 2 N–H and O–H groups in total. The number of carbonyl (C=O) groups excluding carboxylic acids is 1. The smallest absolute Gasteiger partial charge is 0.244 e. The Balaban J connectivity index is 1.72. The molecule has 148 valence electrons. The summed E-state index contributed by atoms with van der Waals surface area (Å²) in [5.41, 5.74) is 3.27. The largest absolute Gasteiger partial charge is 0.486 e. The molecule has 0 saturated heterocycles. The van der Waals surface area contributed by atoms with Crippen LogP contribution in [0.2, 0.25) is 0 Å². The van der Waals surface area contributed by atoms with E-state index in [4.69, 9.17) is 19.7 Å². The summed E-state index contributed by atoms with van der Waals surface area (Å²) < 4.78 is 13.1. The maximum Gasteiger partial charge on any atom is 0.244 e. The van der Waals surface area contributed by atoms with E-state index in [0.717, 1.165) is 22.5 Å². The average molecular weight is 391 g/mol. The minimum absolute atomic E-state index is 0.103. The topological polar surface area (TPSA) is 85.6 Å². The standard InChI is InChI=1S/C22H21N3O4/c26-11-10-23-21(27)9-7-17-15-25(18-4-2-1-3-5-18)24-22(17)16-6-8-19-20(14-16)29-13-12-28-19/h1-9,14-15,26H,10-13H2,(H,23,27)/b9-7+. The van der Waals surface area contributed by atoms with E-state index < -0.39 is 0 Å². The Morgan fingerprint density at radius 1 is 1.14 bits per heavy atom. The molecule has 1 aromatic heterocycles. The van der Waals surface area contributed by atoms with Gasteiger partial charge in [0.1, 0.15) is 18.9 Å². The lowest BCUT2D eigenvalue weighted by atomic mass is 10.1. The van der Waals surface area contributed by atoms with Gasteiger partial charge in [-0.15, -0.1) is 0 Å². The van der Waals surface area contributed by atoms with E-state index in [0.29, 0.717) is 24.7 Å². The lowest BCUT2D eigenvalue weighted by Gasteiger charge is -2.18. The highest BCUT2D eigenvalue weighted by Crippen LogP contribution is 2.35. The Hall–Kier alpha value is -3.58. The molecule has 3 aromatic rings. The third kappa shape index (κ3) is 4.30. The summed E-state index contributed by atoms with van der Waals surface area (Å²) in [6.45, 7) is 1.15. The van der Waals surface area contributed by atoms with Gasteiger partial charge in [0.25, 0.3) is 0 Å². The number of hydrogen-bond donors (Lipinski definition) is 2. The summed E-state index contributed by atoms with van der Waals surface area (Å²) in [7, 11) is 0. The number of nitrogens with one attached hydrogen (secondary N) is 1. The Labute approximate surface area is 168 Å². The van der Waals surface area contributed by atoms with Crippen molar-refractivity contribution < 1.29 is 19.4 Å². The Bertz CT molecular complexity index is 1030. The molecule has 4 rings (SSSR count). The van der Waals surface area contributed by atoms with Crippen molar-refractivity contribution >= 4 is 12.0 Å². The minimum atomic E-state index is -0.278. The van der Waals surface area contributed by atoms with Crippen molar-refractivity contribution in [3.8, 4) is 28.4 Å². The molecule has 0 aliphatic carbocycles. The number of aliphatic hydroxyl groups is 1. The van der Waals surface area contributed by atoms with Crippen molar-refractivity contribution in [3.05, 3.63) is 66.4 Å². The molecular weight excluding hydrogens is 370 g/mol. The molecule has 0 saturated carbocycles. The fourth-order valence-corrected chi connectivity index (χ4v) is 3.04. The van der Waals surface area contributed by atoms with E-state index in [1.165, 1.54) is 6.08 Å². The van der Waals surface area contributed by atoms with Gasteiger partial charge < -0.3 is 19.9 Å². The van der Waals surface area contributed by atoms with Crippen LogP contribution in [0.5, 0.6) is 11.5 Å². The first-order valence-corrected chi connectivity index (χ1v) is 9.36. The molecule has 1 aliphatic heterocycles. The zero-order valence-electron chi connectivity index (χ0n) is 15.7. The molecule has 2 heterocycles. The normalized spacial score (nSPS) is 12.9. The summed E-state index contributed by atoms with van der Waals surface area (Å²) in [5, 5.41) is 16.2. The average Bonchev–Trinajstić information content (AvgIpc) is 3.21. The van der Waals surface area contributed by atoms with Gasteiger partial charge in [-0.1, -0.05) is 18.2 Å². The molecule has 1 amide bonds. The molecule has 1 aliphatic rings. The van der Waals surface area contributed by atoms with Crippen molar-refractivity contribution in [2.45, 2.75) is 0 Å². The van der Waals surface area contributed by atoms with Crippen LogP contribution in [0.1, 0.15) is 5.56 Å². The number of carbonyl (C=O) groups is 1. The molecule has 0 atom stereocenters. The number of fused-ring (bicyclic) bond motifs is 1. The van der Waals surface area contributed by atoms with E-state index in [1.807, 2.05) is 54.7 Å². The number of amides is 1. The minimum Gasteiger partial charge on any atom is -0.486 e. The van der Waals surface area contributed by atoms with Gasteiger partial charge in [0.2, 0.25) is 5.91 Å². The molecule has 7 nitrogen and oxygen atoms in total. The van der Waals surface area contributed by atoms with Gasteiger partial charge in [0, 0.05) is 29.9 Å². The molecule has 0 fully saturated rings. The molecule has 0 spiro atoms. The molecule has 2 aromatic carbocycles. The van der Waals surface area contributed by atoms with Crippen LogP contribution in [-0.2, 0) is 4.79 Å². The molecule has 29 heavy (non-hydrogen) atoms. The Morgan fingerprint density at radius 2 is 1.93 bits per heavy atom. The van der Waals surface area contributed by atoms with Crippen LogP contribution < -0.4 is 14.8 Å². The first-order valence-electron chi connectivity index (χ1n) is 9.36. The van der Waals surface area contributed by atoms with Crippen molar-refractivity contribution in [1.82, 2.24) is 15.1 Å². The van der Waals surface area contributed by atoms with E-state index in [-0.39, 0.29) is 19.1 Å². The number of aliphatic hydroxyl groups excluding tert-OH is 1. The maximum absolute atomic E-state index is 11.9. The van der Waals surface area contributed by atoms with E-state index >= 15 is 0 Å². The lowest BCUT2D eigenvalue weighted by Crippen LogP contribution is -2.24. The molecular formula is C22H21N3O4. The predicted molar refractivity (Wildman–Crippen MR) is 109 cm³/mol. The number of rotatable bonds is 6.